The predicted octanol–water partition coefficient (Wildman–Crippen LogP) is 3.33. The molecule has 1 aromatic carbocycles. The van der Waals surface area contributed by atoms with E-state index in [0.717, 1.165) is 35.4 Å². The summed E-state index contributed by atoms with van der Waals surface area (Å²) >= 11 is 0. The van der Waals surface area contributed by atoms with E-state index >= 15 is 0 Å². The van der Waals surface area contributed by atoms with Gasteiger partial charge in [0.05, 0.1) is 11.1 Å². The lowest BCUT2D eigenvalue weighted by Crippen LogP contribution is -2.30. The number of benzene rings is 1. The molecule has 1 unspecified atom stereocenters. The van der Waals surface area contributed by atoms with E-state index in [1.165, 1.54) is 0 Å². The Balaban J connectivity index is 0.00000141. The molecule has 0 bridgehead atoms. The molecule has 0 aliphatic carbocycles. The number of halogens is 3. The highest BCUT2D eigenvalue weighted by Gasteiger charge is 2.27. The van der Waals surface area contributed by atoms with Gasteiger partial charge in [-0.1, -0.05) is 13.8 Å². The summed E-state index contributed by atoms with van der Waals surface area (Å²) < 4.78 is 43.7. The van der Waals surface area contributed by atoms with Crippen molar-refractivity contribution in [3.05, 3.63) is 63.7 Å². The Hall–Kier alpha value is -3.40. The zero-order valence-electron chi connectivity index (χ0n) is 17.8. The van der Waals surface area contributed by atoms with Crippen LogP contribution in [-0.2, 0) is 0 Å². The van der Waals surface area contributed by atoms with Crippen LogP contribution >= 0.6 is 0 Å². The second-order valence-electron chi connectivity index (χ2n) is 7.03. The number of rotatable bonds is 4. The first kappa shape index (κ1) is 23.3. The lowest BCUT2D eigenvalue weighted by atomic mass is 10.1. The van der Waals surface area contributed by atoms with Crippen LogP contribution in [0.15, 0.2) is 35.3 Å². The lowest BCUT2D eigenvalue weighted by molar-refractivity contribution is 0.0695. The van der Waals surface area contributed by atoms with Gasteiger partial charge >= 0.3 is 5.97 Å². The molecule has 2 N–H and O–H groups in total. The van der Waals surface area contributed by atoms with Crippen LogP contribution in [0.5, 0.6) is 0 Å². The van der Waals surface area contributed by atoms with Crippen molar-refractivity contribution in [2.45, 2.75) is 26.3 Å². The number of nitrogens with one attached hydrogen (secondary N) is 1. The van der Waals surface area contributed by atoms with Gasteiger partial charge in [-0.2, -0.15) is 0 Å². The molecule has 1 saturated heterocycles. The molecule has 4 rings (SSSR count). The molecular formula is C22H23F3N4O3. The SMILES string of the molecule is CC.CNC1CCN(c2nc3c(cc2F)c(=O)c(C(=O)O)cn3-c2ccc(F)cc2F)C1. The third-order valence-electron chi connectivity index (χ3n) is 5.21. The van der Waals surface area contributed by atoms with Gasteiger partial charge in [-0.15, -0.1) is 0 Å². The number of carboxylic acids is 1. The molecule has 7 nitrogen and oxygen atoms in total. The highest BCUT2D eigenvalue weighted by atomic mass is 19.1. The van der Waals surface area contributed by atoms with Crippen molar-refractivity contribution in [3.8, 4) is 5.69 Å². The molecule has 2 aromatic heterocycles. The molecule has 0 spiro atoms. The Labute approximate surface area is 182 Å². The van der Waals surface area contributed by atoms with Crippen LogP contribution in [0.1, 0.15) is 30.6 Å². The number of aromatic carboxylic acids is 1. The Morgan fingerprint density at radius 3 is 2.50 bits per heavy atom. The first-order chi connectivity index (χ1) is 15.3. The molecule has 1 fully saturated rings. The average molecular weight is 448 g/mol. The molecule has 1 aliphatic rings. The van der Waals surface area contributed by atoms with Gasteiger partial charge in [-0.05, 0) is 31.7 Å². The summed E-state index contributed by atoms with van der Waals surface area (Å²) in [7, 11) is 1.79. The Morgan fingerprint density at radius 1 is 1.19 bits per heavy atom. The predicted molar refractivity (Wildman–Crippen MR) is 115 cm³/mol. The van der Waals surface area contributed by atoms with E-state index in [1.54, 1.807) is 11.9 Å². The number of carbonyl (C=O) groups is 1. The summed E-state index contributed by atoms with van der Waals surface area (Å²) in [6, 6.07) is 3.76. The van der Waals surface area contributed by atoms with E-state index in [4.69, 9.17) is 0 Å². The maximum absolute atomic E-state index is 14.8. The van der Waals surface area contributed by atoms with Crippen molar-refractivity contribution in [1.29, 1.82) is 0 Å². The standard InChI is InChI=1S/C20H17F3N4O3.C2H6/c1-24-11-4-5-26(8-11)19-15(23)7-12-17(28)13(20(29)30)9-27(18(12)25-19)16-3-2-10(21)6-14(16)22;1-2/h2-3,6-7,9,11,24H,4-5,8H2,1H3,(H,29,30);1-2H3. The molecule has 0 radical (unpaired) electrons. The van der Waals surface area contributed by atoms with Gasteiger partial charge in [-0.25, -0.2) is 22.9 Å². The van der Waals surface area contributed by atoms with Gasteiger partial charge < -0.3 is 15.3 Å². The fourth-order valence-electron chi connectivity index (χ4n) is 3.64. The summed E-state index contributed by atoms with van der Waals surface area (Å²) in [5.74, 6) is -4.18. The van der Waals surface area contributed by atoms with Gasteiger partial charge in [0.2, 0.25) is 5.43 Å². The smallest absolute Gasteiger partial charge is 0.341 e. The van der Waals surface area contributed by atoms with E-state index in [1.807, 2.05) is 13.8 Å². The first-order valence-electron chi connectivity index (χ1n) is 10.2. The monoisotopic (exact) mass is 448 g/mol. The molecule has 3 heterocycles. The number of aromatic nitrogens is 2. The van der Waals surface area contributed by atoms with Gasteiger partial charge in [0, 0.05) is 31.4 Å². The minimum absolute atomic E-state index is 0.0287. The van der Waals surface area contributed by atoms with Crippen LogP contribution in [0.3, 0.4) is 0 Å². The highest BCUT2D eigenvalue weighted by molar-refractivity contribution is 5.92. The molecule has 32 heavy (non-hydrogen) atoms. The van der Waals surface area contributed by atoms with Crippen molar-refractivity contribution < 1.29 is 23.1 Å². The molecule has 1 atom stereocenters. The van der Waals surface area contributed by atoms with E-state index in [9.17, 15) is 27.9 Å². The minimum Gasteiger partial charge on any atom is -0.477 e. The second kappa shape index (κ2) is 9.39. The van der Waals surface area contributed by atoms with Crippen molar-refractivity contribution in [2.24, 2.45) is 0 Å². The van der Waals surface area contributed by atoms with Crippen molar-refractivity contribution in [2.75, 3.05) is 25.0 Å². The summed E-state index contributed by atoms with van der Waals surface area (Å²) in [5.41, 5.74) is -1.97. The Bertz CT molecular complexity index is 1230. The summed E-state index contributed by atoms with van der Waals surface area (Å²) in [5, 5.41) is 12.2. The normalized spacial score (nSPS) is 15.6. The van der Waals surface area contributed by atoms with Crippen LogP contribution in [0.25, 0.3) is 16.7 Å². The third kappa shape index (κ3) is 4.18. The van der Waals surface area contributed by atoms with Crippen LogP contribution in [0, 0.1) is 17.5 Å². The molecule has 0 amide bonds. The number of pyridine rings is 2. The molecule has 170 valence electrons. The Morgan fingerprint density at radius 2 is 1.91 bits per heavy atom. The zero-order chi connectivity index (χ0) is 23.6. The highest BCUT2D eigenvalue weighted by Crippen LogP contribution is 2.27. The number of fused-ring (bicyclic) bond motifs is 1. The molecular weight excluding hydrogens is 425 g/mol. The molecule has 3 aromatic rings. The largest absolute Gasteiger partial charge is 0.477 e. The van der Waals surface area contributed by atoms with Crippen LogP contribution in [-0.4, -0.2) is 46.8 Å². The number of carboxylic acid groups (broad SMARTS) is 1. The van der Waals surface area contributed by atoms with Crippen molar-refractivity contribution in [1.82, 2.24) is 14.9 Å². The van der Waals surface area contributed by atoms with Gasteiger partial charge in [-0.3, -0.25) is 9.36 Å². The fourth-order valence-corrected chi connectivity index (χ4v) is 3.64. The minimum atomic E-state index is -1.56. The molecule has 1 aliphatic heterocycles. The molecule has 10 heteroatoms. The van der Waals surface area contributed by atoms with Crippen LogP contribution in [0.4, 0.5) is 19.0 Å². The maximum atomic E-state index is 14.8. The number of hydrogen-bond acceptors (Lipinski definition) is 5. The van der Waals surface area contributed by atoms with Crippen LogP contribution < -0.4 is 15.6 Å². The van der Waals surface area contributed by atoms with Crippen molar-refractivity contribution in [3.63, 3.8) is 0 Å². The number of hydrogen-bond donors (Lipinski definition) is 2. The summed E-state index contributed by atoms with van der Waals surface area (Å²) in [4.78, 5) is 30.1. The van der Waals surface area contributed by atoms with E-state index in [0.29, 0.717) is 19.2 Å². The quantitative estimate of drug-likeness (QED) is 0.637. The number of anilines is 1. The summed E-state index contributed by atoms with van der Waals surface area (Å²) in [6.45, 7) is 5.00. The topological polar surface area (TPSA) is 87.5 Å². The lowest BCUT2D eigenvalue weighted by Gasteiger charge is -2.20. The first-order valence-corrected chi connectivity index (χ1v) is 10.2. The average Bonchev–Trinajstić information content (AvgIpc) is 3.25. The summed E-state index contributed by atoms with van der Waals surface area (Å²) in [6.07, 6.45) is 1.67. The number of likely N-dealkylation sites (N-methyl/N-ethyl adjacent to an activating group) is 1. The van der Waals surface area contributed by atoms with Gasteiger partial charge in [0.25, 0.3) is 0 Å². The van der Waals surface area contributed by atoms with Gasteiger partial charge in [0.15, 0.2) is 17.3 Å². The maximum Gasteiger partial charge on any atom is 0.341 e. The van der Waals surface area contributed by atoms with E-state index < -0.39 is 34.4 Å². The Kier molecular flexibility index (Phi) is 6.83. The number of nitrogens with zero attached hydrogens (tertiary/aromatic N) is 3. The van der Waals surface area contributed by atoms with Crippen LogP contribution in [0.2, 0.25) is 0 Å². The molecule has 0 saturated carbocycles. The fraction of sp³-hybridized carbons (Fsp3) is 0.318. The van der Waals surface area contributed by atoms with Crippen molar-refractivity contribution >= 4 is 22.8 Å². The second-order valence-corrected chi connectivity index (χ2v) is 7.03. The van der Waals surface area contributed by atoms with E-state index in [-0.39, 0.29) is 28.6 Å². The van der Waals surface area contributed by atoms with E-state index in [2.05, 4.69) is 10.3 Å². The third-order valence-corrected chi connectivity index (χ3v) is 5.21. The van der Waals surface area contributed by atoms with Gasteiger partial charge in [0.1, 0.15) is 17.2 Å². The zero-order valence-corrected chi connectivity index (χ0v) is 17.8.